The molecule has 1 aliphatic heterocycles. The van der Waals surface area contributed by atoms with Crippen LogP contribution in [-0.2, 0) is 11.8 Å². The van der Waals surface area contributed by atoms with E-state index in [0.29, 0.717) is 5.56 Å². The maximum Gasteiger partial charge on any atom is 0.222 e. The van der Waals surface area contributed by atoms with Gasteiger partial charge in [0, 0.05) is 72.9 Å². The van der Waals surface area contributed by atoms with Crippen LogP contribution in [0, 0.1) is 17.2 Å². The van der Waals surface area contributed by atoms with Crippen LogP contribution < -0.4 is 10.2 Å². The molecule has 1 N–H and O–H groups in total. The second kappa shape index (κ2) is 9.22. The summed E-state index contributed by atoms with van der Waals surface area (Å²) in [7, 11) is 1.88. The molecule has 0 aromatic carbocycles. The number of pyridine rings is 2. The van der Waals surface area contributed by atoms with E-state index in [0.717, 1.165) is 59.5 Å². The summed E-state index contributed by atoms with van der Waals surface area (Å²) in [6.07, 6.45) is 11.1. The van der Waals surface area contributed by atoms with Crippen molar-refractivity contribution in [3.63, 3.8) is 0 Å². The Bertz CT molecular complexity index is 1410. The molecular weight excluding hydrogens is 440 g/mol. The van der Waals surface area contributed by atoms with Crippen LogP contribution in [0.2, 0.25) is 0 Å². The third-order valence-corrected chi connectivity index (χ3v) is 6.45. The van der Waals surface area contributed by atoms with Gasteiger partial charge in [-0.15, -0.1) is 0 Å². The monoisotopic (exact) mass is 468 g/mol. The average Bonchev–Trinajstić information content (AvgIpc) is 3.49. The lowest BCUT2D eigenvalue weighted by Gasteiger charge is -2.34. The van der Waals surface area contributed by atoms with Crippen LogP contribution in [0.4, 0.5) is 5.82 Å². The molecular formula is C26H28N8O. The van der Waals surface area contributed by atoms with Gasteiger partial charge >= 0.3 is 0 Å². The van der Waals surface area contributed by atoms with Crippen molar-refractivity contribution in [2.24, 2.45) is 13.0 Å². The van der Waals surface area contributed by atoms with Crippen LogP contribution >= 0.6 is 0 Å². The minimum atomic E-state index is -0.0242. The highest BCUT2D eigenvalue weighted by molar-refractivity contribution is 5.87. The van der Waals surface area contributed by atoms with E-state index >= 15 is 0 Å². The van der Waals surface area contributed by atoms with Gasteiger partial charge in [0.2, 0.25) is 5.91 Å². The molecule has 0 saturated carbocycles. The zero-order valence-electron chi connectivity index (χ0n) is 20.1. The molecule has 1 saturated heterocycles. The summed E-state index contributed by atoms with van der Waals surface area (Å²) in [5.41, 5.74) is 4.99. The van der Waals surface area contributed by atoms with E-state index < -0.39 is 0 Å². The van der Waals surface area contributed by atoms with Crippen molar-refractivity contribution in [1.82, 2.24) is 29.7 Å². The maximum absolute atomic E-state index is 12.1. The van der Waals surface area contributed by atoms with Crippen molar-refractivity contribution >= 4 is 17.2 Å². The molecule has 0 bridgehead atoms. The van der Waals surface area contributed by atoms with Gasteiger partial charge in [0.15, 0.2) is 0 Å². The molecule has 35 heavy (non-hydrogen) atoms. The molecule has 9 nitrogen and oxygen atoms in total. The molecule has 0 radical (unpaired) electrons. The van der Waals surface area contributed by atoms with Crippen molar-refractivity contribution < 1.29 is 4.79 Å². The molecule has 5 heterocycles. The first-order valence-corrected chi connectivity index (χ1v) is 11.8. The minimum Gasteiger partial charge on any atom is -0.355 e. The molecule has 4 aromatic rings. The summed E-state index contributed by atoms with van der Waals surface area (Å²) >= 11 is 0. The number of aryl methyl sites for hydroxylation is 1. The molecule has 5 rings (SSSR count). The third-order valence-electron chi connectivity index (χ3n) is 6.45. The van der Waals surface area contributed by atoms with Gasteiger partial charge in [0.05, 0.1) is 23.5 Å². The van der Waals surface area contributed by atoms with Crippen LogP contribution in [0.1, 0.15) is 32.3 Å². The number of hydrogen-bond donors (Lipinski definition) is 1. The van der Waals surface area contributed by atoms with E-state index in [1.807, 2.05) is 57.8 Å². The Morgan fingerprint density at radius 2 is 2.00 bits per heavy atom. The third kappa shape index (κ3) is 4.47. The molecule has 1 fully saturated rings. The van der Waals surface area contributed by atoms with Gasteiger partial charge in [0.1, 0.15) is 11.9 Å². The van der Waals surface area contributed by atoms with Crippen molar-refractivity contribution in [2.45, 2.75) is 32.7 Å². The summed E-state index contributed by atoms with van der Waals surface area (Å²) in [6.45, 7) is 5.47. The predicted octanol–water partition coefficient (Wildman–Crippen LogP) is 3.41. The number of carbonyl (C=O) groups is 1. The first-order chi connectivity index (χ1) is 16.9. The lowest BCUT2D eigenvalue weighted by Crippen LogP contribution is -2.49. The fourth-order valence-corrected chi connectivity index (χ4v) is 4.55. The molecule has 178 valence electrons. The van der Waals surface area contributed by atoms with Gasteiger partial charge in [-0.05, 0) is 31.0 Å². The fourth-order valence-electron chi connectivity index (χ4n) is 4.55. The zero-order chi connectivity index (χ0) is 24.5. The Morgan fingerprint density at radius 1 is 1.14 bits per heavy atom. The maximum atomic E-state index is 12.1. The summed E-state index contributed by atoms with van der Waals surface area (Å²) in [5, 5.41) is 21.5. The number of nitriles is 1. The van der Waals surface area contributed by atoms with Crippen LogP contribution in [0.5, 0.6) is 0 Å². The summed E-state index contributed by atoms with van der Waals surface area (Å²) in [6, 6.07) is 8.49. The number of aromatic nitrogens is 5. The van der Waals surface area contributed by atoms with Crippen molar-refractivity contribution in [1.29, 1.82) is 5.26 Å². The van der Waals surface area contributed by atoms with Crippen molar-refractivity contribution in [3.05, 3.63) is 54.7 Å². The second-order valence-corrected chi connectivity index (χ2v) is 9.36. The van der Waals surface area contributed by atoms with Gasteiger partial charge in [0.25, 0.3) is 0 Å². The number of anilines is 1. The Kier molecular flexibility index (Phi) is 5.95. The highest BCUT2D eigenvalue weighted by Crippen LogP contribution is 2.32. The summed E-state index contributed by atoms with van der Waals surface area (Å²) in [4.78, 5) is 19.1. The van der Waals surface area contributed by atoms with Gasteiger partial charge in [-0.2, -0.15) is 15.5 Å². The Hall–Kier alpha value is -4.19. The number of nitrogens with one attached hydrogen (secondary N) is 1. The predicted molar refractivity (Wildman–Crippen MR) is 134 cm³/mol. The molecule has 4 aromatic heterocycles. The van der Waals surface area contributed by atoms with Crippen LogP contribution in [-0.4, -0.2) is 49.4 Å². The number of rotatable bonds is 5. The second-order valence-electron chi connectivity index (χ2n) is 9.36. The van der Waals surface area contributed by atoms with Crippen molar-refractivity contribution in [2.75, 3.05) is 18.0 Å². The quantitative estimate of drug-likeness (QED) is 0.481. The van der Waals surface area contributed by atoms with E-state index in [1.165, 1.54) is 0 Å². The number of fused-ring (bicyclic) bond motifs is 1. The molecule has 9 heteroatoms. The van der Waals surface area contributed by atoms with Gasteiger partial charge in [-0.3, -0.25) is 9.48 Å². The summed E-state index contributed by atoms with van der Waals surface area (Å²) < 4.78 is 3.51. The SMILES string of the molecule is CC(C)C(=O)N[C@H]1CCCN(c2ccc(-c3cc(-c4cnn(C)c4)cn4ncc(C#N)c34)cn2)C1. The minimum absolute atomic E-state index is 0.0242. The lowest BCUT2D eigenvalue weighted by atomic mass is 10.0. The van der Waals surface area contributed by atoms with Gasteiger partial charge < -0.3 is 10.2 Å². The lowest BCUT2D eigenvalue weighted by molar-refractivity contribution is -0.124. The molecule has 0 unspecified atom stereocenters. The van der Waals surface area contributed by atoms with Crippen molar-refractivity contribution in [3.8, 4) is 28.3 Å². The number of amides is 1. The van der Waals surface area contributed by atoms with Gasteiger partial charge in [-0.1, -0.05) is 13.8 Å². The topological polar surface area (TPSA) is 104 Å². The van der Waals surface area contributed by atoms with E-state index in [9.17, 15) is 10.1 Å². The number of nitrogens with zero attached hydrogens (tertiary/aromatic N) is 7. The van der Waals surface area contributed by atoms with E-state index in [2.05, 4.69) is 32.5 Å². The van der Waals surface area contributed by atoms with E-state index in [4.69, 9.17) is 4.98 Å². The Labute approximate surface area is 204 Å². The zero-order valence-corrected chi connectivity index (χ0v) is 20.1. The molecule has 1 amide bonds. The number of piperidine rings is 1. The van der Waals surface area contributed by atoms with Gasteiger partial charge in [-0.25, -0.2) is 9.50 Å². The Balaban J connectivity index is 1.46. The number of carbonyl (C=O) groups excluding carboxylic acids is 1. The molecule has 0 aliphatic carbocycles. The average molecular weight is 469 g/mol. The first-order valence-electron chi connectivity index (χ1n) is 11.8. The molecule has 0 spiro atoms. The number of hydrogen-bond acceptors (Lipinski definition) is 6. The normalized spacial score (nSPS) is 16.0. The smallest absolute Gasteiger partial charge is 0.222 e. The highest BCUT2D eigenvalue weighted by atomic mass is 16.1. The molecule has 1 aliphatic rings. The Morgan fingerprint density at radius 3 is 2.69 bits per heavy atom. The fraction of sp³-hybridized carbons (Fsp3) is 0.346. The van der Waals surface area contributed by atoms with E-state index in [-0.39, 0.29) is 17.9 Å². The van der Waals surface area contributed by atoms with E-state index in [1.54, 1.807) is 15.4 Å². The highest BCUT2D eigenvalue weighted by Gasteiger charge is 2.23. The molecule has 1 atom stereocenters. The first kappa shape index (κ1) is 22.6. The van der Waals surface area contributed by atoms with Crippen LogP contribution in [0.25, 0.3) is 27.8 Å². The van der Waals surface area contributed by atoms with Crippen LogP contribution in [0.15, 0.2) is 49.2 Å². The largest absolute Gasteiger partial charge is 0.355 e. The standard InChI is InChI=1S/C26H28N8O/c1-17(2)26(35)31-22-5-4-8-33(16-22)24-7-6-18(11-28-24)23-9-19(21-13-29-32(3)14-21)15-34-25(23)20(10-27)12-30-34/h6-7,9,11-15,17,22H,4-5,8,16H2,1-3H3,(H,31,35)/t22-/m0/s1. The van der Waals surface area contributed by atoms with Crippen LogP contribution in [0.3, 0.4) is 0 Å². The summed E-state index contributed by atoms with van der Waals surface area (Å²) in [5.74, 6) is 0.946.